The Labute approximate surface area is 129 Å². The fourth-order valence-electron chi connectivity index (χ4n) is 2.54. The van der Waals surface area contributed by atoms with Gasteiger partial charge in [0.15, 0.2) is 0 Å². The summed E-state index contributed by atoms with van der Waals surface area (Å²) < 4.78 is 18.1. The van der Waals surface area contributed by atoms with E-state index in [1.54, 1.807) is 7.11 Å². The van der Waals surface area contributed by atoms with Crippen molar-refractivity contribution in [3.05, 3.63) is 65.6 Å². The van der Waals surface area contributed by atoms with E-state index in [2.05, 4.69) is 10.3 Å². The van der Waals surface area contributed by atoms with E-state index in [9.17, 15) is 4.39 Å². The molecule has 4 heteroatoms. The van der Waals surface area contributed by atoms with Crippen molar-refractivity contribution in [1.29, 1.82) is 0 Å². The van der Waals surface area contributed by atoms with Crippen LogP contribution in [0.2, 0.25) is 0 Å². The van der Waals surface area contributed by atoms with E-state index in [0.29, 0.717) is 0 Å². The van der Waals surface area contributed by atoms with E-state index < -0.39 is 0 Å². The molecule has 0 aliphatic heterocycles. The summed E-state index contributed by atoms with van der Waals surface area (Å²) in [6, 6.07) is 12.7. The molecule has 0 atom stereocenters. The Morgan fingerprint density at radius 3 is 2.73 bits per heavy atom. The first-order valence-corrected chi connectivity index (χ1v) is 7.35. The fourth-order valence-corrected chi connectivity index (χ4v) is 2.54. The molecule has 0 spiro atoms. The lowest BCUT2D eigenvalue weighted by atomic mass is 10.1. The highest BCUT2D eigenvalue weighted by atomic mass is 19.1. The van der Waals surface area contributed by atoms with Gasteiger partial charge >= 0.3 is 0 Å². The molecule has 0 aliphatic carbocycles. The van der Waals surface area contributed by atoms with E-state index in [1.807, 2.05) is 36.5 Å². The minimum Gasteiger partial charge on any atom is -0.497 e. The minimum atomic E-state index is -0.190. The standard InChI is InChI=1S/C18H19FN2O/c1-22-16-6-7-18-17(10-16)14(12-21-18)11-20-9-8-13-2-4-15(19)5-3-13/h2-7,10,12,20-21H,8-9,11H2,1H3. The van der Waals surface area contributed by atoms with Crippen LogP contribution < -0.4 is 10.1 Å². The van der Waals surface area contributed by atoms with Gasteiger partial charge in [0.05, 0.1) is 7.11 Å². The molecule has 0 bridgehead atoms. The van der Waals surface area contributed by atoms with Crippen LogP contribution in [-0.2, 0) is 13.0 Å². The van der Waals surface area contributed by atoms with Gasteiger partial charge in [-0.15, -0.1) is 0 Å². The van der Waals surface area contributed by atoms with E-state index in [4.69, 9.17) is 4.74 Å². The summed E-state index contributed by atoms with van der Waals surface area (Å²) >= 11 is 0. The Kier molecular flexibility index (Phi) is 4.39. The molecule has 0 saturated heterocycles. The molecule has 114 valence electrons. The lowest BCUT2D eigenvalue weighted by Crippen LogP contribution is -2.16. The van der Waals surface area contributed by atoms with Gasteiger partial charge in [-0.05, 0) is 54.4 Å². The van der Waals surface area contributed by atoms with Crippen LogP contribution in [0.4, 0.5) is 4.39 Å². The summed E-state index contributed by atoms with van der Waals surface area (Å²) in [6.45, 7) is 1.64. The zero-order chi connectivity index (χ0) is 15.4. The normalized spacial score (nSPS) is 11.0. The maximum absolute atomic E-state index is 12.8. The molecule has 1 heterocycles. The molecule has 0 saturated carbocycles. The molecule has 1 aromatic heterocycles. The monoisotopic (exact) mass is 298 g/mol. The first-order valence-electron chi connectivity index (χ1n) is 7.35. The van der Waals surface area contributed by atoms with Crippen LogP contribution in [-0.4, -0.2) is 18.6 Å². The van der Waals surface area contributed by atoms with Gasteiger partial charge in [-0.1, -0.05) is 12.1 Å². The molecule has 0 fully saturated rings. The predicted molar refractivity (Wildman–Crippen MR) is 86.7 cm³/mol. The summed E-state index contributed by atoms with van der Waals surface area (Å²) in [5.41, 5.74) is 3.46. The summed E-state index contributed by atoms with van der Waals surface area (Å²) in [6.07, 6.45) is 2.90. The number of hydrogen-bond acceptors (Lipinski definition) is 2. The molecule has 2 N–H and O–H groups in total. The molecular weight excluding hydrogens is 279 g/mol. The zero-order valence-corrected chi connectivity index (χ0v) is 12.5. The number of aromatic nitrogens is 1. The van der Waals surface area contributed by atoms with Crippen molar-refractivity contribution in [1.82, 2.24) is 10.3 Å². The van der Waals surface area contributed by atoms with E-state index in [-0.39, 0.29) is 5.82 Å². The fraction of sp³-hybridized carbons (Fsp3) is 0.222. The van der Waals surface area contributed by atoms with Crippen molar-refractivity contribution in [3.63, 3.8) is 0 Å². The number of rotatable bonds is 6. The molecule has 3 rings (SSSR count). The largest absolute Gasteiger partial charge is 0.497 e. The Hall–Kier alpha value is -2.33. The van der Waals surface area contributed by atoms with Gasteiger partial charge in [-0.25, -0.2) is 4.39 Å². The van der Waals surface area contributed by atoms with Crippen LogP contribution in [0.15, 0.2) is 48.7 Å². The number of nitrogens with one attached hydrogen (secondary N) is 2. The third-order valence-corrected chi connectivity index (χ3v) is 3.79. The van der Waals surface area contributed by atoms with Gasteiger partial charge < -0.3 is 15.0 Å². The Morgan fingerprint density at radius 1 is 1.14 bits per heavy atom. The third kappa shape index (κ3) is 3.28. The van der Waals surface area contributed by atoms with Gasteiger partial charge in [-0.2, -0.15) is 0 Å². The minimum absolute atomic E-state index is 0.190. The predicted octanol–water partition coefficient (Wildman–Crippen LogP) is 3.65. The highest BCUT2D eigenvalue weighted by Gasteiger charge is 2.04. The average Bonchev–Trinajstić information content (AvgIpc) is 2.95. The van der Waals surface area contributed by atoms with Gasteiger partial charge in [0.2, 0.25) is 0 Å². The number of hydrogen-bond donors (Lipinski definition) is 2. The summed E-state index contributed by atoms with van der Waals surface area (Å²) in [5, 5.41) is 4.60. The molecule has 22 heavy (non-hydrogen) atoms. The zero-order valence-electron chi connectivity index (χ0n) is 12.5. The second kappa shape index (κ2) is 6.62. The van der Waals surface area contributed by atoms with Crippen LogP contribution in [0, 0.1) is 5.82 Å². The van der Waals surface area contributed by atoms with Crippen molar-refractivity contribution < 1.29 is 9.13 Å². The third-order valence-electron chi connectivity index (χ3n) is 3.79. The maximum atomic E-state index is 12.8. The van der Waals surface area contributed by atoms with E-state index >= 15 is 0 Å². The lowest BCUT2D eigenvalue weighted by Gasteiger charge is -2.05. The number of methoxy groups -OCH3 is 1. The molecule has 0 amide bonds. The molecule has 0 unspecified atom stereocenters. The van der Waals surface area contributed by atoms with Gasteiger partial charge in [0, 0.05) is 23.6 Å². The average molecular weight is 298 g/mol. The molecule has 0 aliphatic rings. The SMILES string of the molecule is COc1ccc2[nH]cc(CNCCc3ccc(F)cc3)c2c1. The number of ether oxygens (including phenoxy) is 1. The number of halogens is 1. The number of benzene rings is 2. The van der Waals surface area contributed by atoms with Crippen LogP contribution >= 0.6 is 0 Å². The molecule has 3 nitrogen and oxygen atoms in total. The second-order valence-corrected chi connectivity index (χ2v) is 5.28. The van der Waals surface area contributed by atoms with Crippen molar-refractivity contribution in [3.8, 4) is 5.75 Å². The van der Waals surface area contributed by atoms with Crippen molar-refractivity contribution in [2.45, 2.75) is 13.0 Å². The second-order valence-electron chi connectivity index (χ2n) is 5.28. The highest BCUT2D eigenvalue weighted by Crippen LogP contribution is 2.23. The first kappa shape index (κ1) is 14.6. The van der Waals surface area contributed by atoms with Crippen LogP contribution in [0.1, 0.15) is 11.1 Å². The van der Waals surface area contributed by atoms with Crippen molar-refractivity contribution >= 4 is 10.9 Å². The number of H-pyrrole nitrogens is 1. The smallest absolute Gasteiger partial charge is 0.123 e. The van der Waals surface area contributed by atoms with Crippen LogP contribution in [0.5, 0.6) is 5.75 Å². The quantitative estimate of drug-likeness (QED) is 0.682. The highest BCUT2D eigenvalue weighted by molar-refractivity contribution is 5.84. The van der Waals surface area contributed by atoms with Gasteiger partial charge in [-0.3, -0.25) is 0 Å². The van der Waals surface area contributed by atoms with Crippen LogP contribution in [0.25, 0.3) is 10.9 Å². The molecule has 0 radical (unpaired) electrons. The summed E-state index contributed by atoms with van der Waals surface area (Å²) in [7, 11) is 1.68. The van der Waals surface area contributed by atoms with E-state index in [0.717, 1.165) is 36.3 Å². The Bertz CT molecular complexity index is 749. The van der Waals surface area contributed by atoms with Gasteiger partial charge in [0.25, 0.3) is 0 Å². The molecule has 2 aromatic carbocycles. The topological polar surface area (TPSA) is 37.0 Å². The Balaban J connectivity index is 1.58. The Morgan fingerprint density at radius 2 is 1.95 bits per heavy atom. The first-order chi connectivity index (χ1) is 10.8. The number of fused-ring (bicyclic) bond motifs is 1. The number of aromatic amines is 1. The van der Waals surface area contributed by atoms with E-state index in [1.165, 1.54) is 23.1 Å². The lowest BCUT2D eigenvalue weighted by molar-refractivity contribution is 0.415. The van der Waals surface area contributed by atoms with Crippen LogP contribution in [0.3, 0.4) is 0 Å². The summed E-state index contributed by atoms with van der Waals surface area (Å²) in [5.74, 6) is 0.670. The maximum Gasteiger partial charge on any atom is 0.123 e. The molecular formula is C18H19FN2O. The summed E-state index contributed by atoms with van der Waals surface area (Å²) in [4.78, 5) is 3.27. The van der Waals surface area contributed by atoms with Crippen molar-refractivity contribution in [2.75, 3.05) is 13.7 Å². The van der Waals surface area contributed by atoms with Crippen molar-refractivity contribution in [2.24, 2.45) is 0 Å². The molecule has 3 aromatic rings. The van der Waals surface area contributed by atoms with Gasteiger partial charge in [0.1, 0.15) is 11.6 Å².